The number of rotatable bonds is 0. The Hall–Kier alpha value is -1.01. The van der Waals surface area contributed by atoms with Gasteiger partial charge in [-0.05, 0) is 40.3 Å². The van der Waals surface area contributed by atoms with E-state index in [1.807, 2.05) is 6.07 Å². The van der Waals surface area contributed by atoms with Gasteiger partial charge in [-0.1, -0.05) is 42.8 Å². The molecule has 70 valence electrons. The minimum Gasteiger partial charge on any atom is -0.0840 e. The molecule has 0 radical (unpaired) electrons. The van der Waals surface area contributed by atoms with E-state index >= 15 is 0 Å². The smallest absolute Gasteiger partial charge is 0.0447 e. The van der Waals surface area contributed by atoms with Crippen molar-refractivity contribution in [2.45, 2.75) is 19.3 Å². The van der Waals surface area contributed by atoms with E-state index in [1.54, 1.807) is 0 Å². The number of halogens is 1. The summed E-state index contributed by atoms with van der Waals surface area (Å²) in [6.45, 7) is 2.25. The van der Waals surface area contributed by atoms with Crippen molar-refractivity contribution < 1.29 is 0 Å². The predicted molar refractivity (Wildman–Crippen MR) is 61.1 cm³/mol. The number of hydrogen-bond donors (Lipinski definition) is 0. The lowest BCUT2D eigenvalue weighted by Gasteiger charge is -2.06. The van der Waals surface area contributed by atoms with Gasteiger partial charge in [0.25, 0.3) is 0 Å². The van der Waals surface area contributed by atoms with Crippen LogP contribution in [0, 0.1) is 0 Å². The fourth-order valence-corrected chi connectivity index (χ4v) is 2.89. The van der Waals surface area contributed by atoms with Crippen molar-refractivity contribution in [1.82, 2.24) is 0 Å². The molecule has 0 nitrogen and oxygen atoms in total. The Kier molecular flexibility index (Phi) is 1.63. The Balaban J connectivity index is 2.53. The third-order valence-electron chi connectivity index (χ3n) is 3.14. The molecule has 3 rings (SSSR count). The van der Waals surface area contributed by atoms with Gasteiger partial charge >= 0.3 is 0 Å². The molecule has 0 aromatic heterocycles. The van der Waals surface area contributed by atoms with E-state index < -0.39 is 0 Å². The van der Waals surface area contributed by atoms with E-state index in [4.69, 9.17) is 11.6 Å². The summed E-state index contributed by atoms with van der Waals surface area (Å²) >= 11 is 6.23. The van der Waals surface area contributed by atoms with Crippen molar-refractivity contribution in [2.24, 2.45) is 0 Å². The average molecular weight is 203 g/mol. The molecule has 0 bridgehead atoms. The van der Waals surface area contributed by atoms with Gasteiger partial charge in [-0.2, -0.15) is 0 Å². The van der Waals surface area contributed by atoms with Crippen molar-refractivity contribution >= 4 is 22.4 Å². The van der Waals surface area contributed by atoms with Gasteiger partial charge < -0.3 is 0 Å². The van der Waals surface area contributed by atoms with Crippen molar-refractivity contribution in [2.75, 3.05) is 0 Å². The first kappa shape index (κ1) is 8.31. The standard InChI is InChI=1S/C13H11Cl/c1-8-7-10-4-2-3-9-5-6-11(14)12(8)13(9)10/h2-6,8H,7H2,1H3. The lowest BCUT2D eigenvalue weighted by atomic mass is 10.0. The van der Waals surface area contributed by atoms with Crippen molar-refractivity contribution in [1.29, 1.82) is 0 Å². The number of hydrogen-bond acceptors (Lipinski definition) is 0. The second-order valence-corrected chi connectivity index (χ2v) is 4.49. The van der Waals surface area contributed by atoms with E-state index in [0.29, 0.717) is 5.92 Å². The summed E-state index contributed by atoms with van der Waals surface area (Å²) in [6, 6.07) is 10.6. The molecule has 0 spiro atoms. The van der Waals surface area contributed by atoms with Crippen molar-refractivity contribution in [3.8, 4) is 0 Å². The molecule has 0 saturated carbocycles. The lowest BCUT2D eigenvalue weighted by Crippen LogP contribution is -1.88. The second kappa shape index (κ2) is 2.74. The van der Waals surface area contributed by atoms with Crippen LogP contribution in [-0.4, -0.2) is 0 Å². The zero-order valence-corrected chi connectivity index (χ0v) is 8.81. The molecule has 1 heteroatoms. The summed E-state index contributed by atoms with van der Waals surface area (Å²) in [4.78, 5) is 0. The highest BCUT2D eigenvalue weighted by molar-refractivity contribution is 6.32. The first-order valence-corrected chi connectivity index (χ1v) is 5.35. The molecule has 0 fully saturated rings. The normalized spacial score (nSPS) is 19.1. The Labute approximate surface area is 88.5 Å². The van der Waals surface area contributed by atoms with Gasteiger partial charge in [0.05, 0.1) is 0 Å². The molecular weight excluding hydrogens is 192 g/mol. The summed E-state index contributed by atoms with van der Waals surface area (Å²) in [7, 11) is 0. The van der Waals surface area contributed by atoms with Crippen LogP contribution >= 0.6 is 11.6 Å². The van der Waals surface area contributed by atoms with E-state index in [-0.39, 0.29) is 0 Å². The highest BCUT2D eigenvalue weighted by atomic mass is 35.5. The lowest BCUT2D eigenvalue weighted by molar-refractivity contribution is 0.798. The fourth-order valence-electron chi connectivity index (χ4n) is 2.54. The Morgan fingerprint density at radius 2 is 2.07 bits per heavy atom. The van der Waals surface area contributed by atoms with Gasteiger partial charge in [-0.15, -0.1) is 0 Å². The van der Waals surface area contributed by atoms with Crippen molar-refractivity contribution in [3.05, 3.63) is 46.5 Å². The third kappa shape index (κ3) is 0.949. The molecule has 1 aliphatic rings. The largest absolute Gasteiger partial charge is 0.0840 e. The maximum Gasteiger partial charge on any atom is 0.0447 e. The highest BCUT2D eigenvalue weighted by Gasteiger charge is 2.22. The summed E-state index contributed by atoms with van der Waals surface area (Å²) in [5.41, 5.74) is 2.80. The van der Waals surface area contributed by atoms with Crippen LogP contribution in [0.1, 0.15) is 24.0 Å². The molecule has 0 aliphatic heterocycles. The SMILES string of the molecule is CC1Cc2cccc3ccc(Cl)c1c23. The van der Waals surface area contributed by atoms with E-state index in [2.05, 4.69) is 31.2 Å². The molecule has 0 amide bonds. The molecular formula is C13H11Cl. The van der Waals surface area contributed by atoms with Crippen LogP contribution in [0.25, 0.3) is 10.8 Å². The fraction of sp³-hybridized carbons (Fsp3) is 0.231. The molecule has 1 atom stereocenters. The van der Waals surface area contributed by atoms with Crippen LogP contribution < -0.4 is 0 Å². The first-order valence-electron chi connectivity index (χ1n) is 4.97. The van der Waals surface area contributed by atoms with Gasteiger partial charge in [-0.25, -0.2) is 0 Å². The van der Waals surface area contributed by atoms with Gasteiger partial charge in [0.2, 0.25) is 0 Å². The molecule has 2 aromatic rings. The van der Waals surface area contributed by atoms with Gasteiger partial charge in [0.15, 0.2) is 0 Å². The van der Waals surface area contributed by atoms with Crippen LogP contribution in [-0.2, 0) is 6.42 Å². The predicted octanol–water partition coefficient (Wildman–Crippen LogP) is 4.15. The molecule has 0 saturated heterocycles. The maximum absolute atomic E-state index is 6.23. The van der Waals surface area contributed by atoms with Crippen LogP contribution in [0.4, 0.5) is 0 Å². The first-order chi connectivity index (χ1) is 6.77. The second-order valence-electron chi connectivity index (χ2n) is 4.08. The Morgan fingerprint density at radius 1 is 1.21 bits per heavy atom. The van der Waals surface area contributed by atoms with Crippen LogP contribution in [0.2, 0.25) is 5.02 Å². The average Bonchev–Trinajstić information content (AvgIpc) is 2.51. The number of benzene rings is 2. The summed E-state index contributed by atoms with van der Waals surface area (Å²) in [6.07, 6.45) is 1.14. The van der Waals surface area contributed by atoms with Gasteiger partial charge in [-0.3, -0.25) is 0 Å². The van der Waals surface area contributed by atoms with E-state index in [1.165, 1.54) is 21.9 Å². The topological polar surface area (TPSA) is 0 Å². The Bertz CT molecular complexity index is 514. The maximum atomic E-state index is 6.23. The van der Waals surface area contributed by atoms with Gasteiger partial charge in [0, 0.05) is 5.02 Å². The summed E-state index contributed by atoms with van der Waals surface area (Å²) in [5.74, 6) is 0.573. The van der Waals surface area contributed by atoms with E-state index in [9.17, 15) is 0 Å². The Morgan fingerprint density at radius 3 is 2.93 bits per heavy atom. The van der Waals surface area contributed by atoms with Crippen LogP contribution in [0.15, 0.2) is 30.3 Å². The molecule has 1 aliphatic carbocycles. The molecule has 1 unspecified atom stereocenters. The van der Waals surface area contributed by atoms with Crippen molar-refractivity contribution in [3.63, 3.8) is 0 Å². The van der Waals surface area contributed by atoms with Crippen LogP contribution in [0.3, 0.4) is 0 Å². The molecule has 0 N–H and O–H groups in total. The zero-order chi connectivity index (χ0) is 9.71. The minimum absolute atomic E-state index is 0.573. The van der Waals surface area contributed by atoms with E-state index in [0.717, 1.165) is 11.4 Å². The van der Waals surface area contributed by atoms with Crippen LogP contribution in [0.5, 0.6) is 0 Å². The zero-order valence-electron chi connectivity index (χ0n) is 8.05. The quantitative estimate of drug-likeness (QED) is 0.602. The highest BCUT2D eigenvalue weighted by Crippen LogP contribution is 2.41. The summed E-state index contributed by atoms with van der Waals surface area (Å²) in [5, 5.41) is 3.65. The monoisotopic (exact) mass is 202 g/mol. The minimum atomic E-state index is 0.573. The molecule has 14 heavy (non-hydrogen) atoms. The summed E-state index contributed by atoms with van der Waals surface area (Å²) < 4.78 is 0. The molecule has 0 heterocycles. The molecule has 2 aromatic carbocycles. The third-order valence-corrected chi connectivity index (χ3v) is 3.47. The van der Waals surface area contributed by atoms with Gasteiger partial charge in [0.1, 0.15) is 0 Å².